The van der Waals surface area contributed by atoms with E-state index < -0.39 is 0 Å². The number of para-hydroxylation sites is 1. The van der Waals surface area contributed by atoms with E-state index in [0.717, 1.165) is 29.2 Å². The predicted octanol–water partition coefficient (Wildman–Crippen LogP) is 0.859. The van der Waals surface area contributed by atoms with Gasteiger partial charge in [-0.25, -0.2) is 0 Å². The fourth-order valence-corrected chi connectivity index (χ4v) is 1.39. The third-order valence-electron chi connectivity index (χ3n) is 2.22. The van der Waals surface area contributed by atoms with Gasteiger partial charge < -0.3 is 15.9 Å². The molecule has 1 aromatic carbocycles. The Morgan fingerprint density at radius 1 is 1.50 bits per heavy atom. The molecule has 1 aliphatic heterocycles. The van der Waals surface area contributed by atoms with Crippen molar-refractivity contribution in [3.05, 3.63) is 29.3 Å². The predicted molar refractivity (Wildman–Crippen MR) is 56.1 cm³/mol. The number of oxime groups is 1. The van der Waals surface area contributed by atoms with Gasteiger partial charge in [-0.3, -0.25) is 0 Å². The summed E-state index contributed by atoms with van der Waals surface area (Å²) in [7, 11) is 0. The molecule has 0 saturated carbocycles. The average molecular weight is 191 g/mol. The second-order valence-electron chi connectivity index (χ2n) is 3.24. The number of rotatable bonds is 1. The zero-order chi connectivity index (χ0) is 9.97. The zero-order valence-corrected chi connectivity index (χ0v) is 8.08. The SMILES string of the molecule is Cc1cccc(C2=NOCCN2)c1N. The summed E-state index contributed by atoms with van der Waals surface area (Å²) in [6.07, 6.45) is 0. The van der Waals surface area contributed by atoms with E-state index in [1.165, 1.54) is 0 Å². The maximum atomic E-state index is 5.94. The van der Waals surface area contributed by atoms with Crippen LogP contribution in [0.1, 0.15) is 11.1 Å². The highest BCUT2D eigenvalue weighted by Crippen LogP contribution is 2.17. The number of nitrogens with zero attached hydrogens (tertiary/aromatic N) is 1. The number of benzene rings is 1. The van der Waals surface area contributed by atoms with Crippen LogP contribution in [0.4, 0.5) is 5.69 Å². The van der Waals surface area contributed by atoms with Crippen LogP contribution in [-0.2, 0) is 4.84 Å². The van der Waals surface area contributed by atoms with Crippen molar-refractivity contribution in [2.45, 2.75) is 6.92 Å². The molecule has 0 bridgehead atoms. The number of nitrogen functional groups attached to an aromatic ring is 1. The van der Waals surface area contributed by atoms with Gasteiger partial charge in [0, 0.05) is 11.3 Å². The van der Waals surface area contributed by atoms with Crippen molar-refractivity contribution < 1.29 is 4.84 Å². The molecule has 0 atom stereocenters. The van der Waals surface area contributed by atoms with Crippen LogP contribution >= 0.6 is 0 Å². The first kappa shape index (κ1) is 8.87. The van der Waals surface area contributed by atoms with Gasteiger partial charge in [0.05, 0.1) is 6.54 Å². The molecule has 0 radical (unpaired) electrons. The topological polar surface area (TPSA) is 59.6 Å². The van der Waals surface area contributed by atoms with Crippen molar-refractivity contribution in [2.24, 2.45) is 5.16 Å². The summed E-state index contributed by atoms with van der Waals surface area (Å²) < 4.78 is 0. The van der Waals surface area contributed by atoms with Gasteiger partial charge in [0.2, 0.25) is 0 Å². The summed E-state index contributed by atoms with van der Waals surface area (Å²) in [5, 5.41) is 7.08. The highest BCUT2D eigenvalue weighted by atomic mass is 16.6. The van der Waals surface area contributed by atoms with Crippen molar-refractivity contribution in [3.8, 4) is 0 Å². The van der Waals surface area contributed by atoms with Gasteiger partial charge in [0.25, 0.3) is 0 Å². The first-order valence-electron chi connectivity index (χ1n) is 4.58. The highest BCUT2D eigenvalue weighted by Gasteiger charge is 2.11. The molecule has 0 fully saturated rings. The van der Waals surface area contributed by atoms with Gasteiger partial charge in [-0.15, -0.1) is 0 Å². The Morgan fingerprint density at radius 3 is 3.07 bits per heavy atom. The maximum absolute atomic E-state index is 5.94. The molecule has 4 heteroatoms. The maximum Gasteiger partial charge on any atom is 0.175 e. The molecule has 0 aliphatic carbocycles. The molecule has 1 aliphatic rings. The number of aryl methyl sites for hydroxylation is 1. The van der Waals surface area contributed by atoms with E-state index in [1.54, 1.807) is 0 Å². The molecule has 0 saturated heterocycles. The number of anilines is 1. The first-order chi connectivity index (χ1) is 6.79. The van der Waals surface area contributed by atoms with E-state index >= 15 is 0 Å². The molecule has 1 aromatic rings. The van der Waals surface area contributed by atoms with Crippen LogP contribution in [0.25, 0.3) is 0 Å². The fourth-order valence-electron chi connectivity index (χ4n) is 1.39. The van der Waals surface area contributed by atoms with Crippen LogP contribution in [0.5, 0.6) is 0 Å². The monoisotopic (exact) mass is 191 g/mol. The zero-order valence-electron chi connectivity index (χ0n) is 8.08. The van der Waals surface area contributed by atoms with E-state index in [0.29, 0.717) is 6.61 Å². The van der Waals surface area contributed by atoms with Gasteiger partial charge >= 0.3 is 0 Å². The number of hydrogen-bond acceptors (Lipinski definition) is 4. The Bertz CT molecular complexity index is 374. The lowest BCUT2D eigenvalue weighted by Crippen LogP contribution is -2.32. The van der Waals surface area contributed by atoms with E-state index in [1.807, 2.05) is 25.1 Å². The Morgan fingerprint density at radius 2 is 2.36 bits per heavy atom. The third-order valence-corrected chi connectivity index (χ3v) is 2.22. The van der Waals surface area contributed by atoms with Crippen LogP contribution in [0.3, 0.4) is 0 Å². The molecule has 3 N–H and O–H groups in total. The van der Waals surface area contributed by atoms with Crippen LogP contribution in [0.2, 0.25) is 0 Å². The second-order valence-corrected chi connectivity index (χ2v) is 3.24. The minimum atomic E-state index is 0.606. The standard InChI is InChI=1S/C10H13N3O/c1-7-3-2-4-8(9(7)11)10-12-5-6-14-13-10/h2-4H,5-6,11H2,1H3,(H,12,13). The van der Waals surface area contributed by atoms with Crippen molar-refractivity contribution in [3.63, 3.8) is 0 Å². The van der Waals surface area contributed by atoms with Crippen molar-refractivity contribution >= 4 is 11.5 Å². The molecular weight excluding hydrogens is 178 g/mol. The Hall–Kier alpha value is -1.71. The largest absolute Gasteiger partial charge is 0.398 e. The average Bonchev–Trinajstić information content (AvgIpc) is 2.23. The lowest BCUT2D eigenvalue weighted by atomic mass is 10.1. The van der Waals surface area contributed by atoms with E-state index in [2.05, 4.69) is 10.5 Å². The lowest BCUT2D eigenvalue weighted by molar-refractivity contribution is 0.136. The molecule has 4 nitrogen and oxygen atoms in total. The molecule has 0 unspecified atom stereocenters. The molecule has 14 heavy (non-hydrogen) atoms. The molecule has 0 aromatic heterocycles. The fraction of sp³-hybridized carbons (Fsp3) is 0.300. The smallest absolute Gasteiger partial charge is 0.175 e. The Labute approximate surface area is 82.7 Å². The number of amidine groups is 1. The third kappa shape index (κ3) is 1.51. The van der Waals surface area contributed by atoms with Crippen LogP contribution in [-0.4, -0.2) is 19.0 Å². The molecule has 1 heterocycles. The quantitative estimate of drug-likeness (QED) is 0.647. The summed E-state index contributed by atoms with van der Waals surface area (Å²) in [5.74, 6) is 0.720. The summed E-state index contributed by atoms with van der Waals surface area (Å²) in [6.45, 7) is 3.35. The van der Waals surface area contributed by atoms with Gasteiger partial charge in [-0.1, -0.05) is 17.3 Å². The Kier molecular flexibility index (Phi) is 2.26. The van der Waals surface area contributed by atoms with Crippen molar-refractivity contribution in [1.82, 2.24) is 5.32 Å². The molecule has 0 spiro atoms. The van der Waals surface area contributed by atoms with Gasteiger partial charge in [0.1, 0.15) is 6.61 Å². The van der Waals surface area contributed by atoms with Gasteiger partial charge in [-0.2, -0.15) is 0 Å². The van der Waals surface area contributed by atoms with Gasteiger partial charge in [-0.05, 0) is 18.6 Å². The van der Waals surface area contributed by atoms with Crippen LogP contribution < -0.4 is 11.1 Å². The number of nitrogens with one attached hydrogen (secondary N) is 1. The summed E-state index contributed by atoms with van der Waals surface area (Å²) in [4.78, 5) is 5.00. The minimum Gasteiger partial charge on any atom is -0.398 e. The highest BCUT2D eigenvalue weighted by molar-refractivity contribution is 6.03. The summed E-state index contributed by atoms with van der Waals surface area (Å²) >= 11 is 0. The van der Waals surface area contributed by atoms with Gasteiger partial charge in [0.15, 0.2) is 5.84 Å². The summed E-state index contributed by atoms with van der Waals surface area (Å²) in [6, 6.07) is 5.87. The van der Waals surface area contributed by atoms with E-state index in [9.17, 15) is 0 Å². The Balaban J connectivity index is 2.40. The van der Waals surface area contributed by atoms with E-state index in [4.69, 9.17) is 10.6 Å². The molecule has 2 rings (SSSR count). The number of nitrogens with two attached hydrogens (primary N) is 1. The summed E-state index contributed by atoms with van der Waals surface area (Å²) in [5.41, 5.74) is 8.65. The van der Waals surface area contributed by atoms with E-state index in [-0.39, 0.29) is 0 Å². The lowest BCUT2D eigenvalue weighted by Gasteiger charge is -2.16. The second kappa shape index (κ2) is 3.57. The number of hydrogen-bond donors (Lipinski definition) is 2. The van der Waals surface area contributed by atoms with Crippen molar-refractivity contribution in [1.29, 1.82) is 0 Å². The molecule has 74 valence electrons. The first-order valence-corrected chi connectivity index (χ1v) is 4.58. The van der Waals surface area contributed by atoms with Crippen LogP contribution in [0.15, 0.2) is 23.4 Å². The normalized spacial score (nSPS) is 15.4. The minimum absolute atomic E-state index is 0.606. The molecular formula is C10H13N3O. The molecule has 0 amide bonds. The van der Waals surface area contributed by atoms with Crippen LogP contribution in [0, 0.1) is 6.92 Å². The van der Waals surface area contributed by atoms with Crippen molar-refractivity contribution in [2.75, 3.05) is 18.9 Å².